The Labute approximate surface area is 214 Å². The summed E-state index contributed by atoms with van der Waals surface area (Å²) in [5.41, 5.74) is 0.779. The van der Waals surface area contributed by atoms with Crippen LogP contribution in [0, 0.1) is 0 Å². The average molecular weight is 519 g/mol. The fraction of sp³-hybridized carbons (Fsp3) is 0.423. The molecule has 4 bridgehead atoms. The van der Waals surface area contributed by atoms with E-state index in [2.05, 4.69) is 0 Å². The van der Waals surface area contributed by atoms with Crippen LogP contribution in [0.1, 0.15) is 44.1 Å². The quantitative estimate of drug-likeness (QED) is 0.427. The first-order chi connectivity index (χ1) is 17.7. The van der Waals surface area contributed by atoms with Crippen molar-refractivity contribution in [3.8, 4) is 28.7 Å². The van der Waals surface area contributed by atoms with Crippen molar-refractivity contribution in [2.24, 2.45) is 0 Å². The van der Waals surface area contributed by atoms with Crippen LogP contribution >= 0.6 is 0 Å². The molecule has 0 fully saturated rings. The molecule has 0 unspecified atom stereocenters. The van der Waals surface area contributed by atoms with Gasteiger partial charge >= 0.3 is 17.9 Å². The highest BCUT2D eigenvalue weighted by atomic mass is 16.6. The second kappa shape index (κ2) is 12.8. The maximum atomic E-state index is 12.2. The molecule has 0 amide bonds. The number of carbonyl (C=O) groups is 3. The first kappa shape index (κ1) is 27.6. The molecular weight excluding hydrogens is 488 g/mol. The largest absolute Gasteiger partial charge is 0.493 e. The number of methoxy groups -OCH3 is 2. The highest BCUT2D eigenvalue weighted by molar-refractivity contribution is 5.71. The SMILES string of the molecule is COc1cc2cc(OC)c1OCCOCCOc1ccc(cc1OC(C)=O)[C@H](OC(C)=O)[C@H]2OC(C)=O. The van der Waals surface area contributed by atoms with Crippen LogP contribution < -0.4 is 23.7 Å². The molecule has 0 N–H and O–H groups in total. The Kier molecular flexibility index (Phi) is 9.56. The molecule has 11 nitrogen and oxygen atoms in total. The highest BCUT2D eigenvalue weighted by Gasteiger charge is 2.33. The summed E-state index contributed by atoms with van der Waals surface area (Å²) in [7, 11) is 2.91. The van der Waals surface area contributed by atoms with Crippen LogP contribution in [0.25, 0.3) is 0 Å². The average Bonchev–Trinajstić information content (AvgIpc) is 2.85. The van der Waals surface area contributed by atoms with Gasteiger partial charge < -0.3 is 37.9 Å². The summed E-state index contributed by atoms with van der Waals surface area (Å²) >= 11 is 0. The number of hydrogen-bond donors (Lipinski definition) is 0. The number of ether oxygens (including phenoxy) is 8. The zero-order valence-electron chi connectivity index (χ0n) is 21.4. The molecule has 0 radical (unpaired) electrons. The smallest absolute Gasteiger partial charge is 0.308 e. The minimum atomic E-state index is -1.13. The summed E-state index contributed by atoms with van der Waals surface area (Å²) in [6.07, 6.45) is -2.26. The third-order valence-electron chi connectivity index (χ3n) is 5.18. The van der Waals surface area contributed by atoms with Gasteiger partial charge in [-0.25, -0.2) is 0 Å². The fourth-order valence-corrected chi connectivity index (χ4v) is 3.74. The molecule has 37 heavy (non-hydrogen) atoms. The number of rotatable bonds is 5. The van der Waals surface area contributed by atoms with Gasteiger partial charge in [0, 0.05) is 31.9 Å². The van der Waals surface area contributed by atoms with E-state index in [0.717, 1.165) is 0 Å². The van der Waals surface area contributed by atoms with Gasteiger partial charge in [-0.15, -0.1) is 0 Å². The van der Waals surface area contributed by atoms with Gasteiger partial charge in [-0.1, -0.05) is 6.07 Å². The van der Waals surface area contributed by atoms with Crippen molar-refractivity contribution in [1.29, 1.82) is 0 Å². The molecule has 0 aromatic heterocycles. The molecule has 2 atom stereocenters. The van der Waals surface area contributed by atoms with Crippen molar-refractivity contribution >= 4 is 17.9 Å². The van der Waals surface area contributed by atoms with Gasteiger partial charge in [-0.05, 0) is 24.3 Å². The Morgan fingerprint density at radius 3 is 1.78 bits per heavy atom. The Balaban J connectivity index is 2.24. The van der Waals surface area contributed by atoms with Crippen molar-refractivity contribution in [2.45, 2.75) is 33.0 Å². The first-order valence-corrected chi connectivity index (χ1v) is 11.5. The van der Waals surface area contributed by atoms with Crippen LogP contribution in [0.4, 0.5) is 0 Å². The van der Waals surface area contributed by atoms with Gasteiger partial charge in [0.15, 0.2) is 35.2 Å². The molecule has 4 aliphatic rings. The Morgan fingerprint density at radius 2 is 1.24 bits per heavy atom. The molecule has 6 rings (SSSR count). The minimum absolute atomic E-state index is 0.0990. The van der Waals surface area contributed by atoms with Crippen molar-refractivity contribution in [3.05, 3.63) is 41.5 Å². The Bertz CT molecular complexity index is 1100. The van der Waals surface area contributed by atoms with E-state index in [-0.39, 0.29) is 37.9 Å². The Morgan fingerprint density at radius 1 is 0.703 bits per heavy atom. The van der Waals surface area contributed by atoms with Gasteiger partial charge in [0.25, 0.3) is 0 Å². The van der Waals surface area contributed by atoms with E-state index < -0.39 is 30.1 Å². The lowest BCUT2D eigenvalue weighted by Gasteiger charge is -2.28. The lowest BCUT2D eigenvalue weighted by Crippen LogP contribution is -2.22. The predicted octanol–water partition coefficient (Wildman–Crippen LogP) is 3.33. The predicted molar refractivity (Wildman–Crippen MR) is 128 cm³/mol. The molecule has 2 aromatic carbocycles. The molecule has 4 heterocycles. The van der Waals surface area contributed by atoms with E-state index in [1.807, 2.05) is 0 Å². The van der Waals surface area contributed by atoms with Gasteiger partial charge in [-0.3, -0.25) is 14.4 Å². The van der Waals surface area contributed by atoms with Crippen molar-refractivity contribution < 1.29 is 52.3 Å². The summed E-state index contributed by atoms with van der Waals surface area (Å²) in [6.45, 7) is 4.55. The normalized spacial score (nSPS) is 17.5. The molecular formula is C26H30O11. The van der Waals surface area contributed by atoms with E-state index in [1.54, 1.807) is 24.3 Å². The van der Waals surface area contributed by atoms with Crippen molar-refractivity contribution in [1.82, 2.24) is 0 Å². The molecule has 11 heteroatoms. The molecule has 2 aromatic rings. The van der Waals surface area contributed by atoms with Crippen molar-refractivity contribution in [2.75, 3.05) is 40.6 Å². The summed E-state index contributed by atoms with van der Waals surface area (Å²) in [6, 6.07) is 7.89. The summed E-state index contributed by atoms with van der Waals surface area (Å²) < 4.78 is 44.9. The topological polar surface area (TPSA) is 125 Å². The molecule has 0 aliphatic carbocycles. The van der Waals surface area contributed by atoms with Crippen LogP contribution in [0.3, 0.4) is 0 Å². The van der Waals surface area contributed by atoms with E-state index in [0.29, 0.717) is 28.4 Å². The maximum absolute atomic E-state index is 12.2. The van der Waals surface area contributed by atoms with Crippen molar-refractivity contribution in [3.63, 3.8) is 0 Å². The number of hydrogen-bond acceptors (Lipinski definition) is 11. The standard InChI is InChI=1S/C26H30O11/c1-15(27)35-21-12-18-6-7-20(21)33-10-8-32-9-11-34-26-22(30-4)13-19(14-23(26)31-5)25(37-17(3)29)24(18)36-16(2)28/h6-7,12-14,24-25H,8-11H2,1-5H3/t24-,25-/m0/s1. The van der Waals surface area contributed by atoms with Crippen LogP contribution in [-0.2, 0) is 28.6 Å². The Hall–Kier alpha value is -3.99. The zero-order chi connectivity index (χ0) is 26.9. The highest BCUT2D eigenvalue weighted by Crippen LogP contribution is 2.45. The zero-order valence-corrected chi connectivity index (χ0v) is 21.4. The second-order valence-corrected chi connectivity index (χ2v) is 7.92. The maximum Gasteiger partial charge on any atom is 0.308 e. The second-order valence-electron chi connectivity index (χ2n) is 7.92. The first-order valence-electron chi connectivity index (χ1n) is 11.5. The van der Waals surface area contributed by atoms with E-state index in [9.17, 15) is 14.4 Å². The molecule has 4 aliphatic heterocycles. The van der Waals surface area contributed by atoms with Crippen LogP contribution in [0.2, 0.25) is 0 Å². The van der Waals surface area contributed by atoms with Gasteiger partial charge in [0.05, 0.1) is 27.4 Å². The van der Waals surface area contributed by atoms with Crippen LogP contribution in [-0.4, -0.2) is 58.6 Å². The van der Waals surface area contributed by atoms with E-state index in [1.165, 1.54) is 41.1 Å². The fourth-order valence-electron chi connectivity index (χ4n) is 3.74. The lowest BCUT2D eigenvalue weighted by atomic mass is 9.96. The van der Waals surface area contributed by atoms with E-state index in [4.69, 9.17) is 37.9 Å². The summed E-state index contributed by atoms with van der Waals surface area (Å²) in [4.78, 5) is 36.1. The summed E-state index contributed by atoms with van der Waals surface area (Å²) in [5.74, 6) is -0.519. The number of carbonyl (C=O) groups excluding carboxylic acids is 3. The minimum Gasteiger partial charge on any atom is -0.493 e. The summed E-state index contributed by atoms with van der Waals surface area (Å²) in [5, 5.41) is 0. The van der Waals surface area contributed by atoms with Gasteiger partial charge in [0.2, 0.25) is 5.75 Å². The number of esters is 3. The molecule has 0 saturated heterocycles. The molecule has 0 spiro atoms. The molecule has 0 saturated carbocycles. The lowest BCUT2D eigenvalue weighted by molar-refractivity contribution is -0.166. The van der Waals surface area contributed by atoms with Gasteiger partial charge in [0.1, 0.15) is 13.2 Å². The third kappa shape index (κ3) is 7.26. The van der Waals surface area contributed by atoms with Crippen LogP contribution in [0.15, 0.2) is 30.3 Å². The third-order valence-corrected chi connectivity index (χ3v) is 5.18. The monoisotopic (exact) mass is 518 g/mol. The van der Waals surface area contributed by atoms with Gasteiger partial charge in [-0.2, -0.15) is 0 Å². The molecule has 200 valence electrons. The van der Waals surface area contributed by atoms with E-state index >= 15 is 0 Å². The van der Waals surface area contributed by atoms with Crippen LogP contribution in [0.5, 0.6) is 28.7 Å². The number of benzene rings is 2.